The molecule has 0 saturated carbocycles. The van der Waals surface area contributed by atoms with Gasteiger partial charge in [0.25, 0.3) is 5.69 Å². The first-order valence-corrected chi connectivity index (χ1v) is 7.29. The number of nitrogens with zero attached hydrogens (tertiary/aromatic N) is 1. The van der Waals surface area contributed by atoms with Crippen molar-refractivity contribution in [2.45, 2.75) is 0 Å². The minimum absolute atomic E-state index is 0.0182. The lowest BCUT2D eigenvalue weighted by Gasteiger charge is -2.19. The van der Waals surface area contributed by atoms with Gasteiger partial charge in [0.2, 0.25) is 5.91 Å². The summed E-state index contributed by atoms with van der Waals surface area (Å²) >= 11 is 0. The molecule has 1 amide bonds. The number of carbonyl (C=O) groups excluding carboxylic acids is 1. The van der Waals surface area contributed by atoms with E-state index in [1.165, 1.54) is 12.1 Å². The summed E-state index contributed by atoms with van der Waals surface area (Å²) in [7, 11) is 0. The number of carbonyl (C=O) groups is 1. The number of fused-ring (bicyclic) bond motifs is 1. The van der Waals surface area contributed by atoms with Gasteiger partial charge in [0, 0.05) is 29.6 Å². The molecule has 1 heterocycles. The number of non-ortho nitro benzene ring substituents is 1. The number of hydrogen-bond acceptors (Lipinski definition) is 6. The highest BCUT2D eigenvalue weighted by atomic mass is 16.6. The number of anilines is 2. The monoisotopic (exact) mass is 329 g/mol. The SMILES string of the molecule is O=C(CNc1cccc([N+](=O)[O-])c1)Nc1ccc2c(c1)OCCO2. The molecular formula is C16H15N3O5. The fourth-order valence-corrected chi connectivity index (χ4v) is 2.24. The number of benzene rings is 2. The summed E-state index contributed by atoms with van der Waals surface area (Å²) in [5.41, 5.74) is 1.05. The molecule has 0 aromatic heterocycles. The van der Waals surface area contributed by atoms with Crippen molar-refractivity contribution in [2.24, 2.45) is 0 Å². The number of nitro groups is 1. The molecule has 0 spiro atoms. The normalized spacial score (nSPS) is 12.3. The Labute approximate surface area is 137 Å². The first kappa shape index (κ1) is 15.6. The summed E-state index contributed by atoms with van der Waals surface area (Å²) in [5.74, 6) is 0.956. The van der Waals surface area contributed by atoms with Crippen LogP contribution in [-0.4, -0.2) is 30.6 Å². The number of rotatable bonds is 5. The maximum atomic E-state index is 12.0. The van der Waals surface area contributed by atoms with Crippen LogP contribution in [0.1, 0.15) is 0 Å². The maximum absolute atomic E-state index is 12.0. The zero-order valence-electron chi connectivity index (χ0n) is 12.7. The zero-order valence-corrected chi connectivity index (χ0v) is 12.7. The second kappa shape index (κ2) is 6.86. The third-order valence-electron chi connectivity index (χ3n) is 3.34. The summed E-state index contributed by atoms with van der Waals surface area (Å²) < 4.78 is 10.9. The smallest absolute Gasteiger partial charge is 0.271 e. The minimum Gasteiger partial charge on any atom is -0.486 e. The second-order valence-electron chi connectivity index (χ2n) is 5.07. The highest BCUT2D eigenvalue weighted by molar-refractivity contribution is 5.94. The van der Waals surface area contributed by atoms with E-state index in [0.29, 0.717) is 36.1 Å². The van der Waals surface area contributed by atoms with Crippen molar-refractivity contribution in [3.05, 3.63) is 52.6 Å². The van der Waals surface area contributed by atoms with E-state index in [2.05, 4.69) is 10.6 Å². The quantitative estimate of drug-likeness (QED) is 0.645. The number of nitrogens with one attached hydrogen (secondary N) is 2. The van der Waals surface area contributed by atoms with E-state index in [-0.39, 0.29) is 18.1 Å². The van der Waals surface area contributed by atoms with E-state index in [1.807, 2.05) is 0 Å². The van der Waals surface area contributed by atoms with Crippen molar-refractivity contribution in [1.29, 1.82) is 0 Å². The average Bonchev–Trinajstić information content (AvgIpc) is 2.60. The molecule has 0 unspecified atom stereocenters. The minimum atomic E-state index is -0.486. The third kappa shape index (κ3) is 3.72. The third-order valence-corrected chi connectivity index (χ3v) is 3.34. The van der Waals surface area contributed by atoms with Gasteiger partial charge in [-0.1, -0.05) is 6.07 Å². The molecule has 0 bridgehead atoms. The van der Waals surface area contributed by atoms with E-state index in [1.54, 1.807) is 30.3 Å². The van der Waals surface area contributed by atoms with Crippen molar-refractivity contribution in [2.75, 3.05) is 30.4 Å². The molecule has 1 aliphatic heterocycles. The molecule has 0 radical (unpaired) electrons. The first-order valence-electron chi connectivity index (χ1n) is 7.29. The van der Waals surface area contributed by atoms with Crippen LogP contribution in [-0.2, 0) is 4.79 Å². The van der Waals surface area contributed by atoms with Crippen LogP contribution < -0.4 is 20.1 Å². The highest BCUT2D eigenvalue weighted by Gasteiger charge is 2.13. The highest BCUT2D eigenvalue weighted by Crippen LogP contribution is 2.32. The number of amides is 1. The van der Waals surface area contributed by atoms with Gasteiger partial charge in [-0.3, -0.25) is 14.9 Å². The van der Waals surface area contributed by atoms with Gasteiger partial charge in [-0.2, -0.15) is 0 Å². The molecule has 8 nitrogen and oxygen atoms in total. The van der Waals surface area contributed by atoms with E-state index in [9.17, 15) is 14.9 Å². The molecule has 24 heavy (non-hydrogen) atoms. The lowest BCUT2D eigenvalue weighted by atomic mass is 10.2. The van der Waals surface area contributed by atoms with Crippen LogP contribution >= 0.6 is 0 Å². The second-order valence-corrected chi connectivity index (χ2v) is 5.07. The Balaban J connectivity index is 1.58. The van der Waals surface area contributed by atoms with Crippen LogP contribution in [0.4, 0.5) is 17.1 Å². The summed E-state index contributed by atoms with van der Waals surface area (Å²) in [6, 6.07) is 11.1. The number of ether oxygens (including phenoxy) is 2. The van der Waals surface area contributed by atoms with Crippen LogP contribution in [0.25, 0.3) is 0 Å². The Kier molecular flexibility index (Phi) is 4.46. The van der Waals surface area contributed by atoms with Gasteiger partial charge in [-0.25, -0.2) is 0 Å². The van der Waals surface area contributed by atoms with Gasteiger partial charge < -0.3 is 20.1 Å². The summed E-state index contributed by atoms with van der Waals surface area (Å²) in [6.07, 6.45) is 0. The van der Waals surface area contributed by atoms with Crippen molar-refractivity contribution < 1.29 is 19.2 Å². The topological polar surface area (TPSA) is 103 Å². The molecule has 0 fully saturated rings. The van der Waals surface area contributed by atoms with Gasteiger partial charge >= 0.3 is 0 Å². The van der Waals surface area contributed by atoms with Gasteiger partial charge in [-0.05, 0) is 18.2 Å². The molecule has 3 rings (SSSR count). The maximum Gasteiger partial charge on any atom is 0.271 e. The van der Waals surface area contributed by atoms with Crippen LogP contribution in [0.15, 0.2) is 42.5 Å². The van der Waals surface area contributed by atoms with Gasteiger partial charge in [0.15, 0.2) is 11.5 Å². The molecule has 1 aliphatic rings. The standard InChI is InChI=1S/C16H15N3O5/c20-16(10-17-11-2-1-3-13(8-11)19(21)22)18-12-4-5-14-15(9-12)24-7-6-23-14/h1-5,8-9,17H,6-7,10H2,(H,18,20). The lowest BCUT2D eigenvalue weighted by molar-refractivity contribution is -0.384. The molecule has 124 valence electrons. The van der Waals surface area contributed by atoms with Gasteiger partial charge in [0.1, 0.15) is 13.2 Å². The Morgan fingerprint density at radius 3 is 2.67 bits per heavy atom. The number of nitro benzene ring substituents is 1. The fraction of sp³-hybridized carbons (Fsp3) is 0.188. The van der Waals surface area contributed by atoms with Gasteiger partial charge in [0.05, 0.1) is 11.5 Å². The van der Waals surface area contributed by atoms with E-state index >= 15 is 0 Å². The summed E-state index contributed by atoms with van der Waals surface area (Å²) in [6.45, 7) is 0.959. The van der Waals surface area contributed by atoms with Crippen LogP contribution in [0.3, 0.4) is 0 Å². The Morgan fingerprint density at radius 1 is 1.08 bits per heavy atom. The Morgan fingerprint density at radius 2 is 1.88 bits per heavy atom. The first-order chi connectivity index (χ1) is 11.6. The molecular weight excluding hydrogens is 314 g/mol. The molecule has 2 aromatic carbocycles. The zero-order chi connectivity index (χ0) is 16.9. The van der Waals surface area contributed by atoms with E-state index < -0.39 is 4.92 Å². The molecule has 2 aromatic rings. The van der Waals surface area contributed by atoms with Gasteiger partial charge in [-0.15, -0.1) is 0 Å². The predicted molar refractivity (Wildman–Crippen MR) is 87.6 cm³/mol. The number of hydrogen-bond donors (Lipinski definition) is 2. The Hall–Kier alpha value is -3.29. The fourth-order valence-electron chi connectivity index (χ4n) is 2.24. The molecule has 2 N–H and O–H groups in total. The lowest BCUT2D eigenvalue weighted by Crippen LogP contribution is -2.22. The molecule has 0 atom stereocenters. The van der Waals surface area contributed by atoms with Crippen molar-refractivity contribution in [1.82, 2.24) is 0 Å². The van der Waals surface area contributed by atoms with Crippen LogP contribution in [0.5, 0.6) is 11.5 Å². The summed E-state index contributed by atoms with van der Waals surface area (Å²) in [4.78, 5) is 22.2. The predicted octanol–water partition coefficient (Wildman–Crippen LogP) is 2.42. The van der Waals surface area contributed by atoms with Crippen molar-refractivity contribution in [3.8, 4) is 11.5 Å². The van der Waals surface area contributed by atoms with Crippen LogP contribution in [0.2, 0.25) is 0 Å². The largest absolute Gasteiger partial charge is 0.486 e. The summed E-state index contributed by atoms with van der Waals surface area (Å²) in [5, 5.41) is 16.3. The van der Waals surface area contributed by atoms with Crippen LogP contribution in [0, 0.1) is 10.1 Å². The molecule has 0 aliphatic carbocycles. The van der Waals surface area contributed by atoms with E-state index in [4.69, 9.17) is 9.47 Å². The van der Waals surface area contributed by atoms with E-state index in [0.717, 1.165) is 0 Å². The molecule has 0 saturated heterocycles. The Bertz CT molecular complexity index is 778. The average molecular weight is 329 g/mol. The van der Waals surface area contributed by atoms with Crippen molar-refractivity contribution in [3.63, 3.8) is 0 Å². The molecule has 8 heteroatoms. The van der Waals surface area contributed by atoms with Crippen molar-refractivity contribution >= 4 is 23.0 Å².